The fourth-order valence-corrected chi connectivity index (χ4v) is 5.14. The molecule has 45 heavy (non-hydrogen) atoms. The summed E-state index contributed by atoms with van der Waals surface area (Å²) in [5.41, 5.74) is 6.76. The topological polar surface area (TPSA) is 161 Å². The van der Waals surface area contributed by atoms with Crippen LogP contribution < -0.4 is 27.2 Å². The van der Waals surface area contributed by atoms with Crippen LogP contribution >= 0.6 is 24.0 Å². The Morgan fingerprint density at radius 2 is 1.82 bits per heavy atom. The molecule has 1 atom stereocenters. The zero-order chi connectivity index (χ0) is 31.1. The van der Waals surface area contributed by atoms with E-state index in [-0.39, 0.29) is 46.7 Å². The van der Waals surface area contributed by atoms with Crippen LogP contribution in [0.4, 0.5) is 11.6 Å². The number of piperazine rings is 1. The molecule has 3 heterocycles. The van der Waals surface area contributed by atoms with Crippen molar-refractivity contribution in [3.63, 3.8) is 0 Å². The third-order valence-corrected chi connectivity index (χ3v) is 7.92. The monoisotopic (exact) mass is 653 g/mol. The quantitative estimate of drug-likeness (QED) is 0.153. The summed E-state index contributed by atoms with van der Waals surface area (Å²) in [6.07, 6.45) is 2.49. The molecule has 0 bridgehead atoms. The minimum atomic E-state index is -0.692. The fourth-order valence-electron chi connectivity index (χ4n) is 4.98. The number of nitrogens with zero attached hydrogens (tertiary/aromatic N) is 4. The second-order valence-corrected chi connectivity index (χ2v) is 11.2. The van der Waals surface area contributed by atoms with E-state index in [2.05, 4.69) is 47.7 Å². The predicted octanol–water partition coefficient (Wildman–Crippen LogP) is 3.12. The highest BCUT2D eigenvalue weighted by Crippen LogP contribution is 2.24. The Hall–Kier alpha value is -4.07. The lowest BCUT2D eigenvalue weighted by molar-refractivity contribution is 0.0936. The number of carbonyl (C=O) groups excluding carboxylic acids is 2. The van der Waals surface area contributed by atoms with Crippen LogP contribution in [0, 0.1) is 0 Å². The van der Waals surface area contributed by atoms with Gasteiger partial charge in [-0.25, -0.2) is 4.98 Å². The lowest BCUT2D eigenvalue weighted by atomic mass is 10.1. The molecule has 2 aromatic carbocycles. The summed E-state index contributed by atoms with van der Waals surface area (Å²) < 4.78 is 0. The van der Waals surface area contributed by atoms with E-state index in [4.69, 9.17) is 17.3 Å². The van der Waals surface area contributed by atoms with Gasteiger partial charge < -0.3 is 36.5 Å². The molecule has 0 spiro atoms. The number of fused-ring (bicyclic) bond motifs is 1. The molecule has 2 amide bonds. The number of rotatable bonds is 11. The van der Waals surface area contributed by atoms with Crippen molar-refractivity contribution in [1.82, 2.24) is 30.1 Å². The molecule has 1 fully saturated rings. The average molecular weight is 655 g/mol. The van der Waals surface area contributed by atoms with Crippen molar-refractivity contribution in [2.24, 2.45) is 5.73 Å². The standard InChI is InChI=1S/C31H36ClN9O3.ClH/c1-40-12-14-41(15-13-40)11-5-10-34-31-35-19-22-16-23(30(44)38-27(22)39-31)29(43)36-25-17-21(8-9-24(25)32)28(42)37-26(18-33)20-6-3-2-4-7-20;/h2-4,6-9,16-17,19,26H,5,10-15,18,33H2,1H3,(H,36,43)(H,37,42)(H2,34,35,38,39,44);1H. The van der Waals surface area contributed by atoms with Crippen molar-refractivity contribution in [1.29, 1.82) is 0 Å². The van der Waals surface area contributed by atoms with Gasteiger partial charge in [0.15, 0.2) is 0 Å². The normalized spacial score (nSPS) is 14.4. The third-order valence-electron chi connectivity index (χ3n) is 7.59. The summed E-state index contributed by atoms with van der Waals surface area (Å²) in [7, 11) is 2.14. The van der Waals surface area contributed by atoms with Crippen molar-refractivity contribution in [2.75, 3.05) is 63.5 Å². The number of anilines is 2. The van der Waals surface area contributed by atoms with Crippen LogP contribution in [0.5, 0.6) is 0 Å². The molecule has 14 heteroatoms. The van der Waals surface area contributed by atoms with Crippen LogP contribution in [-0.4, -0.2) is 89.4 Å². The number of H-pyrrole nitrogens is 1. The summed E-state index contributed by atoms with van der Waals surface area (Å²) >= 11 is 6.33. The molecular weight excluding hydrogens is 617 g/mol. The zero-order valence-corrected chi connectivity index (χ0v) is 26.5. The molecule has 238 valence electrons. The Labute approximate surface area is 272 Å². The summed E-state index contributed by atoms with van der Waals surface area (Å²) in [4.78, 5) is 55.2. The second-order valence-electron chi connectivity index (χ2n) is 10.8. The van der Waals surface area contributed by atoms with E-state index in [1.165, 1.54) is 18.2 Å². The first-order valence-electron chi connectivity index (χ1n) is 14.5. The predicted molar refractivity (Wildman–Crippen MR) is 180 cm³/mol. The van der Waals surface area contributed by atoms with Gasteiger partial charge in [-0.3, -0.25) is 14.4 Å². The summed E-state index contributed by atoms with van der Waals surface area (Å²) in [5, 5.41) is 9.45. The molecule has 0 saturated carbocycles. The van der Waals surface area contributed by atoms with Gasteiger partial charge in [-0.2, -0.15) is 4.98 Å². The molecule has 0 aliphatic carbocycles. The molecule has 1 aliphatic heterocycles. The van der Waals surface area contributed by atoms with Crippen LogP contribution in [0.2, 0.25) is 5.02 Å². The number of aromatic amines is 1. The first-order chi connectivity index (χ1) is 21.3. The molecule has 6 N–H and O–H groups in total. The minimum absolute atomic E-state index is 0. The van der Waals surface area contributed by atoms with Gasteiger partial charge in [0, 0.05) is 56.4 Å². The average Bonchev–Trinajstić information content (AvgIpc) is 3.03. The largest absolute Gasteiger partial charge is 0.354 e. The van der Waals surface area contributed by atoms with Crippen molar-refractivity contribution >= 4 is 58.5 Å². The van der Waals surface area contributed by atoms with Crippen LogP contribution in [-0.2, 0) is 0 Å². The SMILES string of the molecule is CN1CCN(CCCNc2ncc3cc(C(=O)Nc4cc(C(=O)NC(CN)c5ccccc5)ccc4Cl)c(=O)[nH]c3n2)CC1.Cl. The van der Waals surface area contributed by atoms with Gasteiger partial charge in [-0.15, -0.1) is 12.4 Å². The molecule has 0 radical (unpaired) electrons. The van der Waals surface area contributed by atoms with Crippen molar-refractivity contribution in [3.05, 3.63) is 92.9 Å². The maximum Gasteiger partial charge on any atom is 0.262 e. The van der Waals surface area contributed by atoms with Crippen molar-refractivity contribution < 1.29 is 9.59 Å². The van der Waals surface area contributed by atoms with Gasteiger partial charge in [-0.05, 0) is 49.8 Å². The Morgan fingerprint density at radius 3 is 2.56 bits per heavy atom. The third kappa shape index (κ3) is 8.77. The summed E-state index contributed by atoms with van der Waals surface area (Å²) in [5.74, 6) is -0.682. The van der Waals surface area contributed by atoms with Gasteiger partial charge in [0.05, 0.1) is 16.8 Å². The number of nitrogens with one attached hydrogen (secondary N) is 4. The van der Waals surface area contributed by atoms with E-state index in [1.807, 2.05) is 30.3 Å². The number of hydrogen-bond acceptors (Lipinski definition) is 9. The maximum absolute atomic E-state index is 13.1. The molecule has 2 aromatic heterocycles. The summed E-state index contributed by atoms with van der Waals surface area (Å²) in [6, 6.07) is 14.9. The van der Waals surface area contributed by atoms with Crippen LogP contribution in [0.15, 0.2) is 65.6 Å². The lowest BCUT2D eigenvalue weighted by Crippen LogP contribution is -2.44. The van der Waals surface area contributed by atoms with Gasteiger partial charge in [0.2, 0.25) is 5.95 Å². The molecule has 12 nitrogen and oxygen atoms in total. The highest BCUT2D eigenvalue weighted by Gasteiger charge is 2.19. The van der Waals surface area contributed by atoms with Crippen LogP contribution in [0.1, 0.15) is 38.7 Å². The van der Waals surface area contributed by atoms with Crippen LogP contribution in [0.3, 0.4) is 0 Å². The van der Waals surface area contributed by atoms with E-state index in [1.54, 1.807) is 12.3 Å². The molecule has 1 unspecified atom stereocenters. The molecule has 1 aliphatic rings. The number of pyridine rings is 1. The number of amides is 2. The Morgan fingerprint density at radius 1 is 1.07 bits per heavy atom. The molecule has 1 saturated heterocycles. The number of hydrogen-bond donors (Lipinski definition) is 5. The maximum atomic E-state index is 13.1. The minimum Gasteiger partial charge on any atom is -0.354 e. The number of aromatic nitrogens is 3. The van der Waals surface area contributed by atoms with E-state index < -0.39 is 17.5 Å². The molecular formula is C31H37Cl2N9O3. The Bertz CT molecular complexity index is 1680. The van der Waals surface area contributed by atoms with Gasteiger partial charge in [0.1, 0.15) is 11.2 Å². The highest BCUT2D eigenvalue weighted by molar-refractivity contribution is 6.34. The van der Waals surface area contributed by atoms with Gasteiger partial charge in [0.25, 0.3) is 17.4 Å². The highest BCUT2D eigenvalue weighted by atomic mass is 35.5. The number of likely N-dealkylation sites (N-methyl/N-ethyl adjacent to an activating group) is 1. The first-order valence-corrected chi connectivity index (χ1v) is 14.9. The smallest absolute Gasteiger partial charge is 0.262 e. The van der Waals surface area contributed by atoms with Gasteiger partial charge in [-0.1, -0.05) is 41.9 Å². The van der Waals surface area contributed by atoms with E-state index in [0.717, 1.165) is 44.7 Å². The number of halogens is 2. The first kappa shape index (κ1) is 33.8. The Kier molecular flexibility index (Phi) is 11.9. The number of nitrogens with two attached hydrogens (primary N) is 1. The summed E-state index contributed by atoms with van der Waals surface area (Å²) in [6.45, 7) is 6.18. The number of carbonyl (C=O) groups is 2. The second kappa shape index (κ2) is 15.8. The van der Waals surface area contributed by atoms with E-state index in [0.29, 0.717) is 23.5 Å². The van der Waals surface area contributed by atoms with Crippen LogP contribution in [0.25, 0.3) is 11.0 Å². The Balaban J connectivity index is 0.00000461. The van der Waals surface area contributed by atoms with E-state index >= 15 is 0 Å². The lowest BCUT2D eigenvalue weighted by Gasteiger charge is -2.32. The van der Waals surface area contributed by atoms with E-state index in [9.17, 15) is 14.4 Å². The van der Waals surface area contributed by atoms with Crippen molar-refractivity contribution in [3.8, 4) is 0 Å². The number of benzene rings is 2. The zero-order valence-electron chi connectivity index (χ0n) is 24.9. The molecule has 4 aromatic rings. The van der Waals surface area contributed by atoms with Gasteiger partial charge >= 0.3 is 0 Å². The fraction of sp³-hybridized carbons (Fsp3) is 0.323. The van der Waals surface area contributed by atoms with Crippen molar-refractivity contribution in [2.45, 2.75) is 12.5 Å². The molecule has 5 rings (SSSR count).